The fourth-order valence-corrected chi connectivity index (χ4v) is 2.76. The van der Waals surface area contributed by atoms with Crippen LogP contribution in [-0.2, 0) is 0 Å². The lowest BCUT2D eigenvalue weighted by Gasteiger charge is -2.29. The first-order chi connectivity index (χ1) is 11.8. The van der Waals surface area contributed by atoms with Gasteiger partial charge in [-0.15, -0.1) is 0 Å². The Hall–Kier alpha value is -2.80. The average Bonchev–Trinajstić information content (AvgIpc) is 2.63. The molecule has 0 amide bonds. The molecule has 3 aromatic rings. The first kappa shape index (κ1) is 14.8. The van der Waals surface area contributed by atoms with E-state index >= 15 is 0 Å². The van der Waals surface area contributed by atoms with E-state index in [-0.39, 0.29) is 0 Å². The molecule has 4 rings (SSSR count). The van der Waals surface area contributed by atoms with Crippen molar-refractivity contribution in [2.24, 2.45) is 0 Å². The van der Waals surface area contributed by atoms with Crippen LogP contribution in [0.5, 0.6) is 0 Å². The first-order valence-electron chi connectivity index (χ1n) is 7.89. The lowest BCUT2D eigenvalue weighted by Crippen LogP contribution is -2.43. The monoisotopic (exact) mass is 324 g/mol. The molecule has 24 heavy (non-hydrogen) atoms. The minimum absolute atomic E-state index is 0.393. The third-order valence-electron chi connectivity index (χ3n) is 4.01. The van der Waals surface area contributed by atoms with E-state index < -0.39 is 5.82 Å². The zero-order chi connectivity index (χ0) is 16.4. The minimum atomic E-state index is -0.393. The van der Waals surface area contributed by atoms with Gasteiger partial charge in [0.2, 0.25) is 5.95 Å². The van der Waals surface area contributed by atoms with Gasteiger partial charge in [-0.1, -0.05) is 0 Å². The van der Waals surface area contributed by atoms with Crippen LogP contribution in [0.25, 0.3) is 11.0 Å². The van der Waals surface area contributed by atoms with Crippen LogP contribution >= 0.6 is 0 Å². The Kier molecular flexibility index (Phi) is 3.92. The normalized spacial score (nSPS) is 14.8. The van der Waals surface area contributed by atoms with Gasteiger partial charge in [0.1, 0.15) is 5.82 Å². The Bertz CT molecular complexity index is 845. The second-order valence-corrected chi connectivity index (χ2v) is 5.67. The molecule has 122 valence electrons. The fourth-order valence-electron chi connectivity index (χ4n) is 2.76. The third-order valence-corrected chi connectivity index (χ3v) is 4.01. The van der Waals surface area contributed by atoms with Crippen LogP contribution in [0.4, 0.5) is 21.7 Å². The van der Waals surface area contributed by atoms with Crippen LogP contribution in [0, 0.1) is 5.82 Å². The van der Waals surface area contributed by atoms with E-state index in [0.29, 0.717) is 17.0 Å². The highest BCUT2D eigenvalue weighted by Gasteiger charge is 2.10. The largest absolute Gasteiger partial charge is 0.369 e. The smallest absolute Gasteiger partial charge is 0.229 e. The second-order valence-electron chi connectivity index (χ2n) is 5.67. The summed E-state index contributed by atoms with van der Waals surface area (Å²) in [4.78, 5) is 14.8. The Morgan fingerprint density at radius 3 is 2.62 bits per heavy atom. The van der Waals surface area contributed by atoms with Gasteiger partial charge in [-0.05, 0) is 30.3 Å². The van der Waals surface area contributed by atoms with Crippen LogP contribution in [0.15, 0.2) is 42.7 Å². The Morgan fingerprint density at radius 1 is 1.04 bits per heavy atom. The topological polar surface area (TPSA) is 66.0 Å². The Morgan fingerprint density at radius 2 is 1.83 bits per heavy atom. The van der Waals surface area contributed by atoms with Crippen LogP contribution < -0.4 is 15.5 Å². The molecule has 7 heteroatoms. The summed E-state index contributed by atoms with van der Waals surface area (Å²) in [6, 6.07) is 9.55. The summed E-state index contributed by atoms with van der Waals surface area (Å²) in [5.41, 5.74) is 2.57. The lowest BCUT2D eigenvalue weighted by atomic mass is 10.2. The standard InChI is InChI=1S/C17H17FN6/c18-13-9-12-10-21-17(23-16(12)20-11-13)22-14-1-3-15(4-2-14)24-7-5-19-6-8-24/h1-4,9-11,19H,5-8H2,(H,20,21,22,23). The van der Waals surface area contributed by atoms with Gasteiger partial charge in [-0.25, -0.2) is 14.4 Å². The number of fused-ring (bicyclic) bond motifs is 1. The molecule has 0 unspecified atom stereocenters. The highest BCUT2D eigenvalue weighted by atomic mass is 19.1. The molecule has 2 N–H and O–H groups in total. The van der Waals surface area contributed by atoms with Gasteiger partial charge in [0, 0.05) is 49.1 Å². The van der Waals surface area contributed by atoms with Gasteiger partial charge in [-0.2, -0.15) is 4.98 Å². The molecule has 1 aliphatic rings. The number of pyridine rings is 1. The van der Waals surface area contributed by atoms with E-state index in [9.17, 15) is 4.39 Å². The number of rotatable bonds is 3. The molecule has 1 aliphatic heterocycles. The maximum atomic E-state index is 13.1. The number of hydrogen-bond acceptors (Lipinski definition) is 6. The van der Waals surface area contributed by atoms with E-state index in [2.05, 4.69) is 42.6 Å². The van der Waals surface area contributed by atoms with Gasteiger partial charge in [0.25, 0.3) is 0 Å². The molecule has 0 atom stereocenters. The maximum absolute atomic E-state index is 13.1. The number of benzene rings is 1. The van der Waals surface area contributed by atoms with Crippen LogP contribution in [0.2, 0.25) is 0 Å². The number of hydrogen-bond donors (Lipinski definition) is 2. The van der Waals surface area contributed by atoms with Crippen molar-refractivity contribution in [1.29, 1.82) is 0 Å². The summed E-state index contributed by atoms with van der Waals surface area (Å²) in [6.07, 6.45) is 2.72. The van der Waals surface area contributed by atoms with Crippen molar-refractivity contribution in [1.82, 2.24) is 20.3 Å². The number of aromatic nitrogens is 3. The van der Waals surface area contributed by atoms with E-state index in [1.54, 1.807) is 6.20 Å². The van der Waals surface area contributed by atoms with Crippen molar-refractivity contribution in [2.75, 3.05) is 36.4 Å². The van der Waals surface area contributed by atoms with E-state index in [4.69, 9.17) is 0 Å². The SMILES string of the molecule is Fc1cnc2nc(Nc3ccc(N4CCNCC4)cc3)ncc2c1. The third kappa shape index (κ3) is 3.11. The quantitative estimate of drug-likeness (QED) is 0.771. The Labute approximate surface area is 138 Å². The molecule has 6 nitrogen and oxygen atoms in total. The zero-order valence-corrected chi connectivity index (χ0v) is 13.0. The molecule has 0 radical (unpaired) electrons. The minimum Gasteiger partial charge on any atom is -0.369 e. The van der Waals surface area contributed by atoms with Gasteiger partial charge in [0.15, 0.2) is 5.65 Å². The van der Waals surface area contributed by atoms with Crippen LogP contribution in [0.3, 0.4) is 0 Å². The molecular formula is C17H17FN6. The highest BCUT2D eigenvalue weighted by molar-refractivity contribution is 5.75. The van der Waals surface area contributed by atoms with Crippen molar-refractivity contribution < 1.29 is 4.39 Å². The molecule has 3 heterocycles. The van der Waals surface area contributed by atoms with Gasteiger partial charge in [-0.3, -0.25) is 0 Å². The maximum Gasteiger partial charge on any atom is 0.229 e. The lowest BCUT2D eigenvalue weighted by molar-refractivity contribution is 0.589. The number of halogens is 1. The molecule has 0 saturated carbocycles. The van der Waals surface area contributed by atoms with Crippen molar-refractivity contribution in [3.05, 3.63) is 48.5 Å². The van der Waals surface area contributed by atoms with E-state index in [1.165, 1.54) is 11.8 Å². The highest BCUT2D eigenvalue weighted by Crippen LogP contribution is 2.21. The predicted molar refractivity (Wildman–Crippen MR) is 92.1 cm³/mol. The Balaban J connectivity index is 1.51. The summed E-state index contributed by atoms with van der Waals surface area (Å²) in [7, 11) is 0. The summed E-state index contributed by atoms with van der Waals surface area (Å²) >= 11 is 0. The summed E-state index contributed by atoms with van der Waals surface area (Å²) in [5, 5.41) is 7.08. The predicted octanol–water partition coefficient (Wildman–Crippen LogP) is 2.32. The number of nitrogens with zero attached hydrogens (tertiary/aromatic N) is 4. The number of anilines is 3. The fraction of sp³-hybridized carbons (Fsp3) is 0.235. The van der Waals surface area contributed by atoms with Crippen LogP contribution in [0.1, 0.15) is 0 Å². The molecule has 0 bridgehead atoms. The summed E-state index contributed by atoms with van der Waals surface area (Å²) in [6.45, 7) is 4.06. The van der Waals surface area contributed by atoms with E-state index in [0.717, 1.165) is 38.1 Å². The average molecular weight is 324 g/mol. The summed E-state index contributed by atoms with van der Waals surface area (Å²) < 4.78 is 13.1. The van der Waals surface area contributed by atoms with E-state index in [1.807, 2.05) is 12.1 Å². The zero-order valence-electron chi connectivity index (χ0n) is 13.0. The van der Waals surface area contributed by atoms with Crippen molar-refractivity contribution in [2.45, 2.75) is 0 Å². The molecule has 1 fully saturated rings. The number of piperazine rings is 1. The molecule has 1 aromatic carbocycles. The van der Waals surface area contributed by atoms with Gasteiger partial charge in [0.05, 0.1) is 6.20 Å². The van der Waals surface area contributed by atoms with Crippen molar-refractivity contribution in [3.8, 4) is 0 Å². The first-order valence-corrected chi connectivity index (χ1v) is 7.89. The molecule has 0 spiro atoms. The number of nitrogens with one attached hydrogen (secondary N) is 2. The molecule has 2 aromatic heterocycles. The second kappa shape index (κ2) is 6.37. The van der Waals surface area contributed by atoms with Gasteiger partial charge < -0.3 is 15.5 Å². The van der Waals surface area contributed by atoms with Crippen LogP contribution in [-0.4, -0.2) is 41.1 Å². The molecular weight excluding hydrogens is 307 g/mol. The van der Waals surface area contributed by atoms with Crippen molar-refractivity contribution >= 4 is 28.4 Å². The van der Waals surface area contributed by atoms with Crippen molar-refractivity contribution in [3.63, 3.8) is 0 Å². The molecule has 0 aliphatic carbocycles. The summed E-state index contributed by atoms with van der Waals surface area (Å²) in [5.74, 6) is 0.0480. The van der Waals surface area contributed by atoms with Gasteiger partial charge >= 0.3 is 0 Å². The molecule has 1 saturated heterocycles.